The summed E-state index contributed by atoms with van der Waals surface area (Å²) in [6, 6.07) is 14.4. The highest BCUT2D eigenvalue weighted by Crippen LogP contribution is 2.21. The summed E-state index contributed by atoms with van der Waals surface area (Å²) in [5, 5.41) is 7.27. The van der Waals surface area contributed by atoms with Crippen LogP contribution in [0, 0.1) is 0 Å². The van der Waals surface area contributed by atoms with E-state index in [9.17, 15) is 9.59 Å². The van der Waals surface area contributed by atoms with Gasteiger partial charge in [-0.1, -0.05) is 18.2 Å². The molecule has 0 radical (unpaired) electrons. The number of pyridine rings is 1. The van der Waals surface area contributed by atoms with Crippen molar-refractivity contribution in [1.82, 2.24) is 20.1 Å². The molecule has 0 aliphatic heterocycles. The molecule has 2 aromatic heterocycles. The highest BCUT2D eigenvalue weighted by atomic mass is 16.5. The Morgan fingerprint density at radius 2 is 2.07 bits per heavy atom. The highest BCUT2D eigenvalue weighted by Gasteiger charge is 2.06. The van der Waals surface area contributed by atoms with Crippen molar-refractivity contribution in [2.45, 2.75) is 25.9 Å². The van der Waals surface area contributed by atoms with Crippen LogP contribution in [-0.4, -0.2) is 27.8 Å². The average molecular weight is 378 g/mol. The predicted molar refractivity (Wildman–Crippen MR) is 106 cm³/mol. The number of aryl methyl sites for hydroxylation is 1. The number of aromatic nitrogens is 3. The second kappa shape index (κ2) is 9.45. The normalized spacial score (nSPS) is 10.5. The Bertz CT molecular complexity index is 986. The van der Waals surface area contributed by atoms with Crippen molar-refractivity contribution in [3.05, 3.63) is 76.8 Å². The third kappa shape index (κ3) is 5.26. The Hall–Kier alpha value is -3.48. The molecule has 1 aromatic carbocycles. The Morgan fingerprint density at radius 3 is 2.86 bits per heavy atom. The third-order valence-electron chi connectivity index (χ3n) is 4.22. The van der Waals surface area contributed by atoms with Crippen LogP contribution in [0.2, 0.25) is 0 Å². The largest absolute Gasteiger partial charge is 0.497 e. The van der Waals surface area contributed by atoms with Crippen molar-refractivity contribution in [1.29, 1.82) is 0 Å². The topological polar surface area (TPSA) is 86.1 Å². The van der Waals surface area contributed by atoms with Crippen LogP contribution in [0.5, 0.6) is 5.75 Å². The molecular weight excluding hydrogens is 356 g/mol. The van der Waals surface area contributed by atoms with Crippen LogP contribution >= 0.6 is 0 Å². The van der Waals surface area contributed by atoms with Crippen LogP contribution in [0.25, 0.3) is 11.3 Å². The van der Waals surface area contributed by atoms with Gasteiger partial charge in [0, 0.05) is 43.5 Å². The van der Waals surface area contributed by atoms with Gasteiger partial charge in [0.15, 0.2) is 0 Å². The van der Waals surface area contributed by atoms with Crippen molar-refractivity contribution in [3.8, 4) is 17.0 Å². The summed E-state index contributed by atoms with van der Waals surface area (Å²) in [5.41, 5.74) is 2.30. The molecule has 0 saturated heterocycles. The number of hydrogen-bond acceptors (Lipinski definition) is 5. The number of hydrogen-bond donors (Lipinski definition) is 1. The second-order valence-electron chi connectivity index (χ2n) is 6.25. The van der Waals surface area contributed by atoms with Gasteiger partial charge in [0.05, 0.1) is 12.8 Å². The zero-order valence-corrected chi connectivity index (χ0v) is 15.7. The molecule has 144 valence electrons. The van der Waals surface area contributed by atoms with E-state index >= 15 is 0 Å². The first-order chi connectivity index (χ1) is 13.7. The first kappa shape index (κ1) is 19.3. The molecule has 1 N–H and O–H groups in total. The molecular formula is C21H22N4O3. The number of carbonyl (C=O) groups is 1. The van der Waals surface area contributed by atoms with E-state index in [2.05, 4.69) is 15.4 Å². The lowest BCUT2D eigenvalue weighted by molar-refractivity contribution is -0.121. The molecule has 3 rings (SSSR count). The summed E-state index contributed by atoms with van der Waals surface area (Å²) in [5.74, 6) is 0.656. The Labute approximate surface area is 163 Å². The van der Waals surface area contributed by atoms with E-state index in [1.165, 1.54) is 10.7 Å². The summed E-state index contributed by atoms with van der Waals surface area (Å²) in [6.45, 7) is 0.813. The lowest BCUT2D eigenvalue weighted by Gasteiger charge is -2.09. The van der Waals surface area contributed by atoms with E-state index in [1.54, 1.807) is 25.6 Å². The first-order valence-corrected chi connectivity index (χ1v) is 9.04. The molecule has 3 aromatic rings. The molecule has 28 heavy (non-hydrogen) atoms. The molecule has 0 bridgehead atoms. The third-order valence-corrected chi connectivity index (χ3v) is 4.22. The predicted octanol–water partition coefficient (Wildman–Crippen LogP) is 2.41. The van der Waals surface area contributed by atoms with Gasteiger partial charge in [0.2, 0.25) is 5.91 Å². The minimum absolute atomic E-state index is 0.0687. The fourth-order valence-electron chi connectivity index (χ4n) is 2.73. The van der Waals surface area contributed by atoms with Gasteiger partial charge in [-0.05, 0) is 36.2 Å². The fraction of sp³-hybridized carbons (Fsp3) is 0.238. The molecule has 7 nitrogen and oxygen atoms in total. The van der Waals surface area contributed by atoms with E-state index in [-0.39, 0.29) is 11.5 Å². The number of carbonyl (C=O) groups excluding carboxylic acids is 1. The van der Waals surface area contributed by atoms with Gasteiger partial charge in [-0.25, -0.2) is 4.68 Å². The van der Waals surface area contributed by atoms with Crippen molar-refractivity contribution < 1.29 is 9.53 Å². The van der Waals surface area contributed by atoms with Gasteiger partial charge in [0.1, 0.15) is 5.75 Å². The molecule has 0 unspecified atom stereocenters. The van der Waals surface area contributed by atoms with E-state index in [4.69, 9.17) is 4.74 Å². The molecule has 7 heteroatoms. The number of ether oxygens (including phenoxy) is 1. The van der Waals surface area contributed by atoms with Crippen molar-refractivity contribution in [2.24, 2.45) is 0 Å². The number of methoxy groups -OCH3 is 1. The summed E-state index contributed by atoms with van der Waals surface area (Å²) in [7, 11) is 1.60. The van der Waals surface area contributed by atoms with Gasteiger partial charge < -0.3 is 10.1 Å². The zero-order valence-electron chi connectivity index (χ0n) is 15.7. The van der Waals surface area contributed by atoms with Crippen LogP contribution in [0.1, 0.15) is 18.4 Å². The molecule has 0 atom stereocenters. The molecule has 0 aliphatic carbocycles. The Balaban J connectivity index is 1.56. The molecule has 0 aliphatic rings. The SMILES string of the molecule is COc1cccc(-c2ccc(=O)n(CCCC(=O)NCc3cccnc3)n2)c1. The van der Waals surface area contributed by atoms with Crippen LogP contribution in [0.4, 0.5) is 0 Å². The van der Waals surface area contributed by atoms with Gasteiger partial charge in [-0.15, -0.1) is 0 Å². The Morgan fingerprint density at radius 1 is 1.18 bits per heavy atom. The van der Waals surface area contributed by atoms with Crippen LogP contribution in [-0.2, 0) is 17.9 Å². The molecule has 0 saturated carbocycles. The van der Waals surface area contributed by atoms with Crippen molar-refractivity contribution >= 4 is 5.91 Å². The van der Waals surface area contributed by atoms with E-state index < -0.39 is 0 Å². The quantitative estimate of drug-likeness (QED) is 0.651. The number of nitrogens with one attached hydrogen (secondary N) is 1. The van der Waals surface area contributed by atoms with E-state index in [0.717, 1.165) is 16.9 Å². The summed E-state index contributed by atoms with van der Waals surface area (Å²) < 4.78 is 6.62. The summed E-state index contributed by atoms with van der Waals surface area (Å²) >= 11 is 0. The first-order valence-electron chi connectivity index (χ1n) is 9.04. The maximum atomic E-state index is 12.1. The van der Waals surface area contributed by atoms with Crippen LogP contribution < -0.4 is 15.6 Å². The fourth-order valence-corrected chi connectivity index (χ4v) is 2.73. The number of benzene rings is 1. The molecule has 0 fully saturated rings. The van der Waals surface area contributed by atoms with Crippen LogP contribution in [0.3, 0.4) is 0 Å². The van der Waals surface area contributed by atoms with Gasteiger partial charge in [0.25, 0.3) is 5.56 Å². The molecule has 0 spiro atoms. The summed E-state index contributed by atoms with van der Waals surface area (Å²) in [4.78, 5) is 28.1. The second-order valence-corrected chi connectivity index (χ2v) is 6.25. The lowest BCUT2D eigenvalue weighted by Crippen LogP contribution is -2.25. The maximum absolute atomic E-state index is 12.1. The minimum atomic E-state index is -0.192. The van der Waals surface area contributed by atoms with Crippen molar-refractivity contribution in [2.75, 3.05) is 7.11 Å². The zero-order chi connectivity index (χ0) is 19.8. The molecule has 2 heterocycles. The van der Waals surface area contributed by atoms with Crippen LogP contribution in [0.15, 0.2) is 65.7 Å². The number of amides is 1. The van der Waals surface area contributed by atoms with E-state index in [1.807, 2.05) is 36.4 Å². The maximum Gasteiger partial charge on any atom is 0.266 e. The lowest BCUT2D eigenvalue weighted by atomic mass is 10.1. The highest BCUT2D eigenvalue weighted by molar-refractivity contribution is 5.75. The standard InChI is InChI=1S/C21H22N4O3/c1-28-18-7-2-6-17(13-18)19-9-10-21(27)25(24-19)12-4-8-20(26)23-15-16-5-3-11-22-14-16/h2-3,5-7,9-11,13-14H,4,8,12,15H2,1H3,(H,23,26). The van der Waals surface area contributed by atoms with Gasteiger partial charge >= 0.3 is 0 Å². The van der Waals surface area contributed by atoms with Crippen molar-refractivity contribution in [3.63, 3.8) is 0 Å². The van der Waals surface area contributed by atoms with Gasteiger partial charge in [-0.3, -0.25) is 14.6 Å². The Kier molecular flexibility index (Phi) is 6.51. The monoisotopic (exact) mass is 378 g/mol. The molecule has 1 amide bonds. The van der Waals surface area contributed by atoms with E-state index in [0.29, 0.717) is 31.6 Å². The number of nitrogens with zero attached hydrogens (tertiary/aromatic N) is 3. The summed E-state index contributed by atoms with van der Waals surface area (Å²) in [6.07, 6.45) is 4.24. The van der Waals surface area contributed by atoms with Gasteiger partial charge in [-0.2, -0.15) is 5.10 Å². The average Bonchev–Trinajstić information content (AvgIpc) is 2.74. The smallest absolute Gasteiger partial charge is 0.266 e. The minimum Gasteiger partial charge on any atom is -0.497 e. The number of rotatable bonds is 8.